The molecule has 0 aromatic heterocycles. The van der Waals surface area contributed by atoms with E-state index in [1.54, 1.807) is 0 Å². The number of ketones is 1. The van der Waals surface area contributed by atoms with Crippen LogP contribution in [0.2, 0.25) is 0 Å². The van der Waals surface area contributed by atoms with Gasteiger partial charge in [-0.05, 0) is 36.1 Å². The Morgan fingerprint density at radius 1 is 1.06 bits per heavy atom. The Morgan fingerprint density at radius 2 is 1.77 bits per heavy atom. The molecule has 2 atom stereocenters. The number of allylic oxidation sites excluding steroid dienone is 2. The summed E-state index contributed by atoms with van der Waals surface area (Å²) < 4.78 is 16.3. The molecule has 0 spiro atoms. The molecular formula is C25H25NO5. The molecule has 1 aliphatic heterocycles. The molecule has 160 valence electrons. The molecule has 2 aromatic carbocycles. The van der Waals surface area contributed by atoms with Crippen molar-refractivity contribution in [1.29, 1.82) is 0 Å². The van der Waals surface area contributed by atoms with Gasteiger partial charge >= 0.3 is 5.97 Å². The van der Waals surface area contributed by atoms with Crippen molar-refractivity contribution in [2.24, 2.45) is 5.73 Å². The van der Waals surface area contributed by atoms with Crippen LogP contribution in [0.3, 0.4) is 0 Å². The van der Waals surface area contributed by atoms with Crippen molar-refractivity contribution in [3.63, 3.8) is 0 Å². The highest BCUT2D eigenvalue weighted by molar-refractivity contribution is 6.03. The molecule has 0 radical (unpaired) electrons. The van der Waals surface area contributed by atoms with Gasteiger partial charge in [0.1, 0.15) is 17.1 Å². The molecule has 1 heterocycles. The van der Waals surface area contributed by atoms with Gasteiger partial charge < -0.3 is 19.9 Å². The highest BCUT2D eigenvalue weighted by Crippen LogP contribution is 2.47. The molecule has 0 saturated heterocycles. The minimum Gasteiger partial charge on any atom is -0.494 e. The Bertz CT molecular complexity index is 1050. The molecule has 2 N–H and O–H groups in total. The number of hydrogen-bond donors (Lipinski definition) is 1. The molecule has 6 nitrogen and oxygen atoms in total. The van der Waals surface area contributed by atoms with Crippen molar-refractivity contribution >= 4 is 11.8 Å². The molecule has 4 rings (SSSR count). The second-order valence-corrected chi connectivity index (χ2v) is 7.58. The first-order valence-electron chi connectivity index (χ1n) is 10.3. The van der Waals surface area contributed by atoms with Gasteiger partial charge in [0.05, 0.1) is 19.6 Å². The third kappa shape index (κ3) is 3.93. The topological polar surface area (TPSA) is 87.8 Å². The molecule has 0 fully saturated rings. The predicted octanol–water partition coefficient (Wildman–Crippen LogP) is 3.94. The lowest BCUT2D eigenvalue weighted by molar-refractivity contribution is -0.136. The summed E-state index contributed by atoms with van der Waals surface area (Å²) in [5.41, 5.74) is 8.64. The van der Waals surface area contributed by atoms with Gasteiger partial charge in [-0.3, -0.25) is 4.79 Å². The largest absolute Gasteiger partial charge is 0.494 e. The summed E-state index contributed by atoms with van der Waals surface area (Å²) in [5, 5.41) is 0. The Balaban J connectivity index is 1.78. The fourth-order valence-corrected chi connectivity index (χ4v) is 4.33. The number of esters is 1. The highest BCUT2D eigenvalue weighted by Gasteiger charge is 2.43. The maximum atomic E-state index is 13.4. The number of methoxy groups -OCH3 is 1. The van der Waals surface area contributed by atoms with Crippen molar-refractivity contribution in [2.75, 3.05) is 13.7 Å². The number of Topliss-reactive ketones (excluding diaryl/α,β-unsaturated/α-hetero) is 1. The number of hydrogen-bond acceptors (Lipinski definition) is 6. The second-order valence-electron chi connectivity index (χ2n) is 7.58. The van der Waals surface area contributed by atoms with Crippen LogP contribution in [0, 0.1) is 0 Å². The minimum absolute atomic E-state index is 0.000840. The molecule has 2 aliphatic rings. The average Bonchev–Trinajstić information content (AvgIpc) is 2.79. The maximum Gasteiger partial charge on any atom is 0.340 e. The van der Waals surface area contributed by atoms with Crippen LogP contribution in [-0.2, 0) is 19.1 Å². The van der Waals surface area contributed by atoms with Crippen molar-refractivity contribution in [3.05, 3.63) is 88.5 Å². The Hall–Kier alpha value is -3.54. The van der Waals surface area contributed by atoms with Gasteiger partial charge in [-0.1, -0.05) is 42.5 Å². The van der Waals surface area contributed by atoms with E-state index in [2.05, 4.69) is 0 Å². The predicted molar refractivity (Wildman–Crippen MR) is 115 cm³/mol. The normalized spacial score (nSPS) is 20.8. The second kappa shape index (κ2) is 8.68. The monoisotopic (exact) mass is 419 g/mol. The molecule has 0 unspecified atom stereocenters. The average molecular weight is 419 g/mol. The van der Waals surface area contributed by atoms with E-state index in [9.17, 15) is 9.59 Å². The van der Waals surface area contributed by atoms with E-state index in [0.29, 0.717) is 36.5 Å². The summed E-state index contributed by atoms with van der Waals surface area (Å²) in [4.78, 5) is 25.9. The number of benzene rings is 2. The first-order valence-corrected chi connectivity index (χ1v) is 10.3. The van der Waals surface area contributed by atoms with E-state index in [4.69, 9.17) is 19.9 Å². The van der Waals surface area contributed by atoms with E-state index in [0.717, 1.165) is 11.1 Å². The minimum atomic E-state index is -0.643. The lowest BCUT2D eigenvalue weighted by atomic mass is 9.73. The summed E-state index contributed by atoms with van der Waals surface area (Å²) in [6.07, 6.45) is 0.877. The van der Waals surface area contributed by atoms with Crippen LogP contribution in [0.1, 0.15) is 42.7 Å². The van der Waals surface area contributed by atoms with Crippen LogP contribution in [0.5, 0.6) is 5.75 Å². The van der Waals surface area contributed by atoms with Crippen LogP contribution >= 0.6 is 0 Å². The van der Waals surface area contributed by atoms with Gasteiger partial charge in [0.15, 0.2) is 5.78 Å². The van der Waals surface area contributed by atoms with E-state index in [1.165, 1.54) is 7.11 Å². The zero-order chi connectivity index (χ0) is 22.0. The van der Waals surface area contributed by atoms with Crippen LogP contribution < -0.4 is 10.5 Å². The number of ether oxygens (including phenoxy) is 3. The summed E-state index contributed by atoms with van der Waals surface area (Å²) in [6.45, 7) is 2.46. The van der Waals surface area contributed by atoms with Crippen LogP contribution in [0.15, 0.2) is 77.4 Å². The molecule has 2 aromatic rings. The van der Waals surface area contributed by atoms with Gasteiger partial charge in [0.25, 0.3) is 0 Å². The number of carbonyl (C=O) groups is 2. The van der Waals surface area contributed by atoms with Crippen LogP contribution in [0.4, 0.5) is 0 Å². The van der Waals surface area contributed by atoms with Crippen molar-refractivity contribution in [1.82, 2.24) is 0 Å². The zero-order valence-electron chi connectivity index (χ0n) is 17.6. The first kappa shape index (κ1) is 20.7. The molecule has 0 bridgehead atoms. The van der Waals surface area contributed by atoms with E-state index in [-0.39, 0.29) is 23.2 Å². The van der Waals surface area contributed by atoms with Gasteiger partial charge in [-0.15, -0.1) is 0 Å². The maximum absolute atomic E-state index is 13.4. The number of rotatable bonds is 5. The van der Waals surface area contributed by atoms with Gasteiger partial charge in [0.2, 0.25) is 5.88 Å². The van der Waals surface area contributed by atoms with Crippen LogP contribution in [-0.4, -0.2) is 25.5 Å². The van der Waals surface area contributed by atoms with Gasteiger partial charge in [0, 0.05) is 18.4 Å². The standard InChI is InChI=1S/C25H25NO5/c1-3-30-18-11-9-16(10-12-18)21-22-19(27)13-17(15-7-5-4-6-8-15)14-20(22)31-24(26)23(21)25(28)29-2/h4-12,17,21H,3,13-14,26H2,1-2H3/t17-,21+/m1/s1. The molecule has 6 heteroatoms. The fourth-order valence-electron chi connectivity index (χ4n) is 4.33. The smallest absolute Gasteiger partial charge is 0.340 e. The first-order chi connectivity index (χ1) is 15.0. The Labute approximate surface area is 181 Å². The molecule has 0 amide bonds. The molecule has 0 saturated carbocycles. The lowest BCUT2D eigenvalue weighted by Crippen LogP contribution is -2.32. The SMILES string of the molecule is CCOc1ccc([C@@H]2C(C(=O)OC)=C(N)OC3=C2C(=O)C[C@@H](c2ccccc2)C3)cc1. The number of carbonyl (C=O) groups excluding carboxylic acids is 2. The molecule has 31 heavy (non-hydrogen) atoms. The summed E-state index contributed by atoms with van der Waals surface area (Å²) in [6, 6.07) is 17.2. The third-order valence-electron chi connectivity index (χ3n) is 5.74. The van der Waals surface area contributed by atoms with E-state index < -0.39 is 11.9 Å². The molecular weight excluding hydrogens is 394 g/mol. The lowest BCUT2D eigenvalue weighted by Gasteiger charge is -2.35. The van der Waals surface area contributed by atoms with Gasteiger partial charge in [-0.2, -0.15) is 0 Å². The Kier molecular flexibility index (Phi) is 5.80. The van der Waals surface area contributed by atoms with E-state index in [1.807, 2.05) is 61.5 Å². The van der Waals surface area contributed by atoms with Crippen LogP contribution in [0.25, 0.3) is 0 Å². The van der Waals surface area contributed by atoms with Crippen molar-refractivity contribution < 1.29 is 23.8 Å². The summed E-state index contributed by atoms with van der Waals surface area (Å²) in [5.74, 6) is -0.0934. The zero-order valence-corrected chi connectivity index (χ0v) is 17.6. The quantitative estimate of drug-likeness (QED) is 0.739. The molecule has 1 aliphatic carbocycles. The summed E-state index contributed by atoms with van der Waals surface area (Å²) >= 11 is 0. The third-order valence-corrected chi connectivity index (χ3v) is 5.74. The summed E-state index contributed by atoms with van der Waals surface area (Å²) in [7, 11) is 1.29. The van der Waals surface area contributed by atoms with Gasteiger partial charge in [-0.25, -0.2) is 4.79 Å². The Morgan fingerprint density at radius 3 is 2.42 bits per heavy atom. The fraction of sp³-hybridized carbons (Fsp3) is 0.280. The van der Waals surface area contributed by atoms with Crippen molar-refractivity contribution in [2.45, 2.75) is 31.6 Å². The highest BCUT2D eigenvalue weighted by atomic mass is 16.5. The van der Waals surface area contributed by atoms with E-state index >= 15 is 0 Å². The van der Waals surface area contributed by atoms with Crippen molar-refractivity contribution in [3.8, 4) is 5.75 Å². The number of nitrogens with two attached hydrogens (primary N) is 1.